The molecule has 0 radical (unpaired) electrons. The molecule has 2 aromatic heterocycles. The van der Waals surface area contributed by atoms with Gasteiger partial charge in [0.05, 0.1) is 16.9 Å². The molecule has 0 atom stereocenters. The molecule has 0 saturated heterocycles. The third-order valence-corrected chi connectivity index (χ3v) is 9.26. The van der Waals surface area contributed by atoms with Gasteiger partial charge >= 0.3 is 21.1 Å². The van der Waals surface area contributed by atoms with Crippen molar-refractivity contribution < 1.29 is 21.1 Å². The molecular formula is C45H42N4Pt. The largest absolute Gasteiger partial charge is 2.00 e. The van der Waals surface area contributed by atoms with E-state index in [0.29, 0.717) is 0 Å². The maximum Gasteiger partial charge on any atom is 2.00 e. The van der Waals surface area contributed by atoms with Crippen molar-refractivity contribution in [2.24, 2.45) is 0 Å². The summed E-state index contributed by atoms with van der Waals surface area (Å²) in [4.78, 5) is 4.89. The van der Waals surface area contributed by atoms with Crippen LogP contribution in [-0.4, -0.2) is 14.8 Å². The summed E-state index contributed by atoms with van der Waals surface area (Å²) in [5.41, 5.74) is 13.3. The van der Waals surface area contributed by atoms with E-state index in [1.807, 2.05) is 30.5 Å². The van der Waals surface area contributed by atoms with Gasteiger partial charge in [-0.05, 0) is 63.8 Å². The number of aromatic nitrogens is 3. The zero-order chi connectivity index (χ0) is 34.3. The summed E-state index contributed by atoms with van der Waals surface area (Å²) in [6.07, 6.45) is 1.90. The molecule has 0 amide bonds. The summed E-state index contributed by atoms with van der Waals surface area (Å²) in [5, 5.41) is 11.8. The Morgan fingerprint density at radius 1 is 0.640 bits per heavy atom. The molecule has 7 aromatic rings. The van der Waals surface area contributed by atoms with E-state index in [2.05, 4.69) is 156 Å². The van der Waals surface area contributed by atoms with E-state index in [9.17, 15) is 0 Å². The topological polar surface area (TPSA) is 44.8 Å². The standard InChI is InChI=1S/C45H42N4.Pt/c1-30-36-19-14-20-37(32-17-12-9-13-18-32)43(36)48-49(30)42-29-35(45(5,6)7)22-24-40(42)47-39-23-21-34(44(2,3)4)28-38(39)41-27-33(25-26-46-41)31-15-10-8-11-16-31;/h8-17,19-29H,1-7H3;/q-2;+2. The third kappa shape index (κ3) is 6.95. The maximum absolute atomic E-state index is 5.43. The molecule has 0 aliphatic rings. The zero-order valence-corrected chi connectivity index (χ0v) is 32.0. The van der Waals surface area contributed by atoms with Crippen molar-refractivity contribution in [3.8, 4) is 39.2 Å². The number of pyridine rings is 1. The van der Waals surface area contributed by atoms with Crippen LogP contribution in [0.4, 0.5) is 11.4 Å². The normalized spacial score (nSPS) is 11.7. The Hall–Kier alpha value is -4.79. The molecule has 0 N–H and O–H groups in total. The molecule has 0 unspecified atom stereocenters. The van der Waals surface area contributed by atoms with E-state index >= 15 is 0 Å². The second-order valence-electron chi connectivity index (χ2n) is 14.8. The van der Waals surface area contributed by atoms with E-state index in [1.54, 1.807) is 0 Å². The van der Waals surface area contributed by atoms with E-state index in [4.69, 9.17) is 15.4 Å². The maximum atomic E-state index is 5.43. The summed E-state index contributed by atoms with van der Waals surface area (Å²) in [7, 11) is 0. The van der Waals surface area contributed by atoms with E-state index in [1.165, 1.54) is 11.1 Å². The number of nitrogens with zero attached hydrogens (tertiary/aromatic N) is 4. The minimum absolute atomic E-state index is 0. The number of fused-ring (bicyclic) bond motifs is 1. The van der Waals surface area contributed by atoms with Crippen LogP contribution in [0.3, 0.4) is 0 Å². The zero-order valence-electron chi connectivity index (χ0n) is 29.7. The Labute approximate surface area is 310 Å². The van der Waals surface area contributed by atoms with Crippen molar-refractivity contribution in [3.63, 3.8) is 0 Å². The fraction of sp³-hybridized carbons (Fsp3) is 0.200. The molecule has 2 heterocycles. The molecule has 5 aromatic carbocycles. The second kappa shape index (κ2) is 13.8. The monoisotopic (exact) mass is 833 g/mol. The quantitative estimate of drug-likeness (QED) is 0.157. The molecule has 0 aliphatic heterocycles. The van der Waals surface area contributed by atoms with Crippen molar-refractivity contribution in [2.45, 2.75) is 59.3 Å². The summed E-state index contributed by atoms with van der Waals surface area (Å²) < 4.78 is 2.07. The molecule has 7 rings (SSSR count). The van der Waals surface area contributed by atoms with Gasteiger partial charge in [-0.1, -0.05) is 126 Å². The van der Waals surface area contributed by atoms with E-state index in [-0.39, 0.29) is 31.9 Å². The van der Waals surface area contributed by atoms with Crippen molar-refractivity contribution >= 4 is 22.3 Å². The van der Waals surface area contributed by atoms with E-state index in [0.717, 1.165) is 67.2 Å². The average Bonchev–Trinajstić information content (AvgIpc) is 3.44. The smallest absolute Gasteiger partial charge is 0.656 e. The third-order valence-electron chi connectivity index (χ3n) is 9.26. The molecule has 5 heteroatoms. The van der Waals surface area contributed by atoms with Gasteiger partial charge in [0, 0.05) is 17.3 Å². The Kier molecular flexibility index (Phi) is 9.71. The van der Waals surface area contributed by atoms with Crippen molar-refractivity contribution in [1.82, 2.24) is 14.8 Å². The van der Waals surface area contributed by atoms with Gasteiger partial charge in [0.1, 0.15) is 0 Å². The fourth-order valence-corrected chi connectivity index (χ4v) is 6.32. The first-order valence-electron chi connectivity index (χ1n) is 17.0. The predicted octanol–water partition coefficient (Wildman–Crippen LogP) is 12.5. The number of hydrogen-bond acceptors (Lipinski definition) is 2. The Morgan fingerprint density at radius 2 is 1.34 bits per heavy atom. The van der Waals surface area contributed by atoms with Crippen LogP contribution in [0.2, 0.25) is 0 Å². The minimum atomic E-state index is -0.0563. The first-order chi connectivity index (χ1) is 23.5. The summed E-state index contributed by atoms with van der Waals surface area (Å²) >= 11 is 0. The summed E-state index contributed by atoms with van der Waals surface area (Å²) in [6.45, 7) is 15.6. The van der Waals surface area contributed by atoms with Gasteiger partial charge in [0.25, 0.3) is 0 Å². The molecule has 252 valence electrons. The molecule has 0 spiro atoms. The average molecular weight is 834 g/mol. The summed E-state index contributed by atoms with van der Waals surface area (Å²) in [6, 6.07) is 45.8. The van der Waals surface area contributed by atoms with Crippen LogP contribution in [0.25, 0.3) is 55.4 Å². The number of aryl methyl sites for hydroxylation is 1. The first-order valence-corrected chi connectivity index (χ1v) is 17.0. The second-order valence-corrected chi connectivity index (χ2v) is 14.8. The molecule has 0 bridgehead atoms. The van der Waals surface area contributed by atoms with Gasteiger partial charge in [0.15, 0.2) is 0 Å². The van der Waals surface area contributed by atoms with Crippen LogP contribution < -0.4 is 0 Å². The van der Waals surface area contributed by atoms with Gasteiger partial charge in [-0.3, -0.25) is 4.98 Å². The van der Waals surface area contributed by atoms with Crippen LogP contribution in [0, 0.1) is 13.0 Å². The fourth-order valence-electron chi connectivity index (χ4n) is 6.32. The van der Waals surface area contributed by atoms with Crippen LogP contribution in [-0.2, 0) is 31.9 Å². The molecular weight excluding hydrogens is 792 g/mol. The van der Waals surface area contributed by atoms with Crippen LogP contribution in [0.1, 0.15) is 58.4 Å². The van der Waals surface area contributed by atoms with Crippen molar-refractivity contribution in [1.29, 1.82) is 0 Å². The Bertz CT molecular complexity index is 2270. The molecule has 0 fully saturated rings. The number of rotatable bonds is 6. The number of benzene rings is 5. The van der Waals surface area contributed by atoms with Gasteiger partial charge in [-0.15, -0.1) is 47.3 Å². The summed E-state index contributed by atoms with van der Waals surface area (Å²) in [5.74, 6) is 0. The minimum Gasteiger partial charge on any atom is -0.656 e. The van der Waals surface area contributed by atoms with Crippen LogP contribution >= 0.6 is 0 Å². The van der Waals surface area contributed by atoms with Gasteiger partial charge in [0.2, 0.25) is 0 Å². The molecule has 0 saturated carbocycles. The molecule has 4 nitrogen and oxygen atoms in total. The first kappa shape index (κ1) is 35.0. The number of hydrogen-bond donors (Lipinski definition) is 0. The van der Waals surface area contributed by atoms with Gasteiger partial charge in [-0.25, -0.2) is 4.68 Å². The van der Waals surface area contributed by atoms with Crippen molar-refractivity contribution in [2.75, 3.05) is 0 Å². The van der Waals surface area contributed by atoms with Crippen molar-refractivity contribution in [3.05, 3.63) is 156 Å². The SMILES string of the molecule is Cc1c2cccc(-c3[c-]cccc3)c2nn1-c1cc(C(C)(C)C)ccc1[N-]c1ccc(C(C)(C)C)cc1-c1cc(-c2ccccc2)ccn1.[Pt+2]. The predicted molar refractivity (Wildman–Crippen MR) is 205 cm³/mol. The van der Waals surface area contributed by atoms with Gasteiger partial charge < -0.3 is 5.32 Å². The van der Waals surface area contributed by atoms with E-state index < -0.39 is 0 Å². The molecule has 0 aliphatic carbocycles. The van der Waals surface area contributed by atoms with Crippen LogP contribution in [0.5, 0.6) is 0 Å². The molecule has 50 heavy (non-hydrogen) atoms. The van der Waals surface area contributed by atoms with Gasteiger partial charge in [-0.2, -0.15) is 5.10 Å². The Morgan fingerprint density at radius 3 is 2.04 bits per heavy atom. The Balaban J connectivity index is 0.00000432. The van der Waals surface area contributed by atoms with Crippen LogP contribution in [0.15, 0.2) is 128 Å².